The SMILES string of the molecule is C=C(C#CC(C)C)/C=C\C(=C)OC. The lowest BCUT2D eigenvalue weighted by atomic mass is 10.2. The zero-order valence-corrected chi connectivity index (χ0v) is 8.55. The smallest absolute Gasteiger partial charge is 0.111 e. The Morgan fingerprint density at radius 1 is 1.31 bits per heavy atom. The van der Waals surface area contributed by atoms with Crippen LogP contribution in [0.5, 0.6) is 0 Å². The van der Waals surface area contributed by atoms with Crippen LogP contribution in [0.25, 0.3) is 0 Å². The number of hydrogen-bond donors (Lipinski definition) is 0. The first-order valence-corrected chi connectivity index (χ1v) is 4.17. The van der Waals surface area contributed by atoms with E-state index in [-0.39, 0.29) is 0 Å². The van der Waals surface area contributed by atoms with Gasteiger partial charge in [-0.3, -0.25) is 0 Å². The molecule has 0 heterocycles. The van der Waals surface area contributed by atoms with Gasteiger partial charge in [0.2, 0.25) is 0 Å². The van der Waals surface area contributed by atoms with Gasteiger partial charge in [0, 0.05) is 11.5 Å². The van der Waals surface area contributed by atoms with Gasteiger partial charge >= 0.3 is 0 Å². The summed E-state index contributed by atoms with van der Waals surface area (Å²) in [7, 11) is 1.58. The van der Waals surface area contributed by atoms with Crippen LogP contribution in [0.4, 0.5) is 0 Å². The van der Waals surface area contributed by atoms with Gasteiger partial charge in [-0.1, -0.05) is 38.8 Å². The van der Waals surface area contributed by atoms with E-state index in [1.165, 1.54) is 0 Å². The van der Waals surface area contributed by atoms with Crippen molar-refractivity contribution in [3.05, 3.63) is 36.6 Å². The van der Waals surface area contributed by atoms with E-state index in [0.29, 0.717) is 11.7 Å². The highest BCUT2D eigenvalue weighted by Crippen LogP contribution is 1.98. The maximum atomic E-state index is 4.86. The third-order valence-electron chi connectivity index (χ3n) is 1.25. The predicted molar refractivity (Wildman–Crippen MR) is 57.0 cm³/mol. The van der Waals surface area contributed by atoms with Gasteiger partial charge < -0.3 is 4.74 Å². The van der Waals surface area contributed by atoms with Crippen molar-refractivity contribution in [3.63, 3.8) is 0 Å². The molecule has 0 radical (unpaired) electrons. The van der Waals surface area contributed by atoms with Gasteiger partial charge in [0.1, 0.15) is 5.76 Å². The third kappa shape index (κ3) is 6.96. The van der Waals surface area contributed by atoms with Crippen molar-refractivity contribution in [2.45, 2.75) is 13.8 Å². The van der Waals surface area contributed by atoms with Crippen LogP contribution in [0.1, 0.15) is 13.8 Å². The molecule has 0 aliphatic rings. The van der Waals surface area contributed by atoms with Gasteiger partial charge in [-0.2, -0.15) is 0 Å². The van der Waals surface area contributed by atoms with E-state index in [4.69, 9.17) is 4.74 Å². The Balaban J connectivity index is 4.11. The average Bonchev–Trinajstić information content (AvgIpc) is 2.10. The van der Waals surface area contributed by atoms with Gasteiger partial charge in [-0.05, 0) is 12.2 Å². The van der Waals surface area contributed by atoms with E-state index in [2.05, 4.69) is 25.0 Å². The molecule has 0 aromatic rings. The molecule has 0 rings (SSSR count). The Morgan fingerprint density at radius 3 is 2.38 bits per heavy atom. The van der Waals surface area contributed by atoms with Crippen LogP contribution in [0, 0.1) is 17.8 Å². The average molecular weight is 176 g/mol. The lowest BCUT2D eigenvalue weighted by molar-refractivity contribution is 0.309. The lowest BCUT2D eigenvalue weighted by Gasteiger charge is -1.94. The quantitative estimate of drug-likeness (QED) is 0.365. The first kappa shape index (κ1) is 11.6. The summed E-state index contributed by atoms with van der Waals surface area (Å²) in [5.41, 5.74) is 0.770. The van der Waals surface area contributed by atoms with Crippen molar-refractivity contribution in [2.24, 2.45) is 5.92 Å². The van der Waals surface area contributed by atoms with E-state index >= 15 is 0 Å². The summed E-state index contributed by atoms with van der Waals surface area (Å²) in [6.45, 7) is 11.5. The third-order valence-corrected chi connectivity index (χ3v) is 1.25. The van der Waals surface area contributed by atoms with Crippen LogP contribution in [-0.2, 0) is 4.74 Å². The molecule has 0 saturated heterocycles. The molecule has 0 aromatic carbocycles. The first-order valence-electron chi connectivity index (χ1n) is 4.17. The topological polar surface area (TPSA) is 9.23 Å². The second-order valence-corrected chi connectivity index (χ2v) is 2.95. The van der Waals surface area contributed by atoms with Crippen molar-refractivity contribution < 1.29 is 4.74 Å². The minimum Gasteiger partial charge on any atom is -0.497 e. The van der Waals surface area contributed by atoms with Crippen LogP contribution in [-0.4, -0.2) is 7.11 Å². The van der Waals surface area contributed by atoms with E-state index in [9.17, 15) is 0 Å². The summed E-state index contributed by atoms with van der Waals surface area (Å²) in [5, 5.41) is 0. The number of rotatable bonds is 3. The molecule has 0 spiro atoms. The van der Waals surface area contributed by atoms with E-state index in [1.54, 1.807) is 19.3 Å². The van der Waals surface area contributed by atoms with Crippen molar-refractivity contribution in [3.8, 4) is 11.8 Å². The highest BCUT2D eigenvalue weighted by molar-refractivity contribution is 5.37. The molecular weight excluding hydrogens is 160 g/mol. The van der Waals surface area contributed by atoms with Crippen molar-refractivity contribution in [1.29, 1.82) is 0 Å². The first-order chi connectivity index (χ1) is 6.06. The largest absolute Gasteiger partial charge is 0.497 e. The molecular formula is C12H16O. The summed E-state index contributed by atoms with van der Waals surface area (Å²) in [5.74, 6) is 6.92. The number of methoxy groups -OCH3 is 1. The molecule has 0 aliphatic carbocycles. The van der Waals surface area contributed by atoms with Crippen LogP contribution >= 0.6 is 0 Å². The van der Waals surface area contributed by atoms with E-state index in [0.717, 1.165) is 5.57 Å². The Labute approximate surface area is 80.8 Å². The second kappa shape index (κ2) is 6.14. The zero-order valence-electron chi connectivity index (χ0n) is 8.55. The molecule has 0 atom stereocenters. The monoisotopic (exact) mass is 176 g/mol. The van der Waals surface area contributed by atoms with Gasteiger partial charge in [-0.25, -0.2) is 0 Å². The van der Waals surface area contributed by atoms with E-state index < -0.39 is 0 Å². The number of hydrogen-bond acceptors (Lipinski definition) is 1. The second-order valence-electron chi connectivity index (χ2n) is 2.95. The molecule has 1 heteroatoms. The standard InChI is InChI=1S/C12H16O/c1-10(2)6-7-11(3)8-9-12(4)13-5/h8-10H,3-4H2,1-2,5H3/b9-8-. The maximum absolute atomic E-state index is 4.86. The summed E-state index contributed by atoms with van der Waals surface area (Å²) >= 11 is 0. The molecule has 1 nitrogen and oxygen atoms in total. The van der Waals surface area contributed by atoms with E-state index in [1.807, 2.05) is 13.8 Å². The molecule has 0 bridgehead atoms. The summed E-state index contributed by atoms with van der Waals surface area (Å²) in [6.07, 6.45) is 3.54. The molecule has 0 aromatic heterocycles. The fraction of sp³-hybridized carbons (Fsp3) is 0.333. The van der Waals surface area contributed by atoms with Crippen molar-refractivity contribution in [1.82, 2.24) is 0 Å². The van der Waals surface area contributed by atoms with Crippen LogP contribution in [0.2, 0.25) is 0 Å². The maximum Gasteiger partial charge on any atom is 0.111 e. The van der Waals surface area contributed by atoms with Gasteiger partial charge in [-0.15, -0.1) is 0 Å². The summed E-state index contributed by atoms with van der Waals surface area (Å²) < 4.78 is 4.86. The fourth-order valence-corrected chi connectivity index (χ4v) is 0.540. The van der Waals surface area contributed by atoms with Gasteiger partial charge in [0.25, 0.3) is 0 Å². The molecule has 70 valence electrons. The highest BCUT2D eigenvalue weighted by Gasteiger charge is 1.85. The molecule has 0 N–H and O–H groups in total. The minimum absolute atomic E-state index is 0.371. The molecule has 0 fully saturated rings. The molecule has 13 heavy (non-hydrogen) atoms. The molecule has 0 unspecified atom stereocenters. The van der Waals surface area contributed by atoms with Gasteiger partial charge in [0.15, 0.2) is 0 Å². The summed E-state index contributed by atoms with van der Waals surface area (Å²) in [4.78, 5) is 0. The Kier molecular flexibility index (Phi) is 5.47. The fourth-order valence-electron chi connectivity index (χ4n) is 0.540. The number of ether oxygens (including phenoxy) is 1. The normalized spacial score (nSPS) is 9.54. The molecule has 0 aliphatic heterocycles. The number of allylic oxidation sites excluding steroid dienone is 3. The minimum atomic E-state index is 0.371. The molecule has 0 saturated carbocycles. The predicted octanol–water partition coefficient (Wildman–Crippen LogP) is 2.92. The van der Waals surface area contributed by atoms with Crippen LogP contribution in [0.15, 0.2) is 36.6 Å². The van der Waals surface area contributed by atoms with Gasteiger partial charge in [0.05, 0.1) is 7.11 Å². The van der Waals surface area contributed by atoms with Crippen LogP contribution < -0.4 is 0 Å². The van der Waals surface area contributed by atoms with Crippen molar-refractivity contribution >= 4 is 0 Å². The zero-order chi connectivity index (χ0) is 10.3. The highest BCUT2D eigenvalue weighted by atomic mass is 16.5. The Bertz CT molecular complexity index is 271. The van der Waals surface area contributed by atoms with Crippen LogP contribution in [0.3, 0.4) is 0 Å². The molecule has 0 amide bonds. The Hall–Kier alpha value is -1.42. The van der Waals surface area contributed by atoms with Crippen molar-refractivity contribution in [2.75, 3.05) is 7.11 Å². The summed E-state index contributed by atoms with van der Waals surface area (Å²) in [6, 6.07) is 0. The lowest BCUT2D eigenvalue weighted by Crippen LogP contribution is -1.80. The Morgan fingerprint density at radius 2 is 1.92 bits per heavy atom.